The molecule has 2 rings (SSSR count). The largest absolute Gasteiger partial charge is 0.507 e. The van der Waals surface area contributed by atoms with Gasteiger partial charge in [-0.3, -0.25) is 0 Å². The van der Waals surface area contributed by atoms with Crippen molar-refractivity contribution >= 4 is 10.0 Å². The number of rotatable bonds is 4. The molecule has 0 spiro atoms. The Bertz CT molecular complexity index is 521. The number of hydrogen-bond acceptors (Lipinski definition) is 4. The summed E-state index contributed by atoms with van der Waals surface area (Å²) in [6.07, 6.45) is 1.53. The minimum absolute atomic E-state index is 0.0233. The Labute approximate surface area is 113 Å². The van der Waals surface area contributed by atoms with E-state index in [9.17, 15) is 13.5 Å². The van der Waals surface area contributed by atoms with Crippen LogP contribution in [0.4, 0.5) is 0 Å². The van der Waals surface area contributed by atoms with Gasteiger partial charge in [0.2, 0.25) is 10.0 Å². The molecular formula is C13H19NO4S. The van der Waals surface area contributed by atoms with Gasteiger partial charge in [-0.05, 0) is 31.9 Å². The van der Waals surface area contributed by atoms with Gasteiger partial charge >= 0.3 is 0 Å². The number of benzene rings is 1. The molecule has 1 aromatic carbocycles. The van der Waals surface area contributed by atoms with Crippen LogP contribution in [0.3, 0.4) is 0 Å². The third-order valence-corrected chi connectivity index (χ3v) is 5.23. The van der Waals surface area contributed by atoms with E-state index in [1.54, 1.807) is 12.1 Å². The molecule has 106 valence electrons. The highest BCUT2D eigenvalue weighted by Crippen LogP contribution is 2.27. The van der Waals surface area contributed by atoms with E-state index in [1.165, 1.54) is 16.4 Å². The first-order chi connectivity index (χ1) is 9.05. The van der Waals surface area contributed by atoms with Crippen molar-refractivity contribution in [3.63, 3.8) is 0 Å². The Morgan fingerprint density at radius 2 is 1.95 bits per heavy atom. The minimum Gasteiger partial charge on any atom is -0.507 e. The van der Waals surface area contributed by atoms with Gasteiger partial charge in [0.1, 0.15) is 10.6 Å². The predicted molar refractivity (Wildman–Crippen MR) is 71.5 cm³/mol. The normalized spacial score (nSPS) is 18.6. The number of phenols is 1. The zero-order valence-electron chi connectivity index (χ0n) is 10.9. The number of hydrogen-bond donors (Lipinski definition) is 1. The SMILES string of the molecule is CCOC1CCN(S(=O)(=O)c2ccccc2O)CC1. The van der Waals surface area contributed by atoms with Crippen LogP contribution in [0.15, 0.2) is 29.2 Å². The molecular weight excluding hydrogens is 266 g/mol. The summed E-state index contributed by atoms with van der Waals surface area (Å²) in [6.45, 7) is 3.45. The molecule has 0 unspecified atom stereocenters. The average molecular weight is 285 g/mol. The Balaban J connectivity index is 2.12. The van der Waals surface area contributed by atoms with Gasteiger partial charge in [0, 0.05) is 19.7 Å². The molecule has 1 aliphatic heterocycles. The first-order valence-corrected chi connectivity index (χ1v) is 7.89. The molecule has 0 bridgehead atoms. The molecule has 1 N–H and O–H groups in total. The topological polar surface area (TPSA) is 66.8 Å². The summed E-state index contributed by atoms with van der Waals surface area (Å²) >= 11 is 0. The lowest BCUT2D eigenvalue weighted by atomic mass is 10.1. The second-order valence-electron chi connectivity index (χ2n) is 4.53. The first-order valence-electron chi connectivity index (χ1n) is 6.45. The van der Waals surface area contributed by atoms with Gasteiger partial charge in [-0.15, -0.1) is 0 Å². The van der Waals surface area contributed by atoms with Crippen molar-refractivity contribution in [2.45, 2.75) is 30.8 Å². The van der Waals surface area contributed by atoms with Gasteiger partial charge in [-0.2, -0.15) is 4.31 Å². The molecule has 0 saturated carbocycles. The van der Waals surface area contributed by atoms with Crippen molar-refractivity contribution in [3.8, 4) is 5.75 Å². The van der Waals surface area contributed by atoms with E-state index >= 15 is 0 Å². The molecule has 1 saturated heterocycles. The summed E-state index contributed by atoms with van der Waals surface area (Å²) in [7, 11) is -3.60. The number of sulfonamides is 1. The summed E-state index contributed by atoms with van der Waals surface area (Å²) in [5.74, 6) is -0.200. The van der Waals surface area contributed by atoms with E-state index < -0.39 is 10.0 Å². The van der Waals surface area contributed by atoms with Crippen molar-refractivity contribution in [1.82, 2.24) is 4.31 Å². The summed E-state index contributed by atoms with van der Waals surface area (Å²) in [5, 5.41) is 9.68. The van der Waals surface area contributed by atoms with E-state index in [0.29, 0.717) is 32.5 Å². The fourth-order valence-electron chi connectivity index (χ4n) is 2.29. The molecule has 0 aromatic heterocycles. The quantitative estimate of drug-likeness (QED) is 0.912. The summed E-state index contributed by atoms with van der Waals surface area (Å²) < 4.78 is 31.7. The van der Waals surface area contributed by atoms with E-state index in [4.69, 9.17) is 4.74 Å². The van der Waals surface area contributed by atoms with Crippen molar-refractivity contribution in [2.24, 2.45) is 0 Å². The molecule has 5 nitrogen and oxygen atoms in total. The van der Waals surface area contributed by atoms with E-state index in [1.807, 2.05) is 6.92 Å². The fourth-order valence-corrected chi connectivity index (χ4v) is 3.84. The highest BCUT2D eigenvalue weighted by atomic mass is 32.2. The first kappa shape index (κ1) is 14.3. The number of phenolic OH excluding ortho intramolecular Hbond substituents is 1. The van der Waals surface area contributed by atoms with Crippen molar-refractivity contribution in [2.75, 3.05) is 19.7 Å². The molecule has 0 radical (unpaired) electrons. The molecule has 6 heteroatoms. The van der Waals surface area contributed by atoms with Crippen LogP contribution in [0, 0.1) is 0 Å². The third kappa shape index (κ3) is 3.08. The number of ether oxygens (including phenoxy) is 1. The second-order valence-corrected chi connectivity index (χ2v) is 6.43. The summed E-state index contributed by atoms with van der Waals surface area (Å²) in [5.41, 5.74) is 0. The third-order valence-electron chi connectivity index (χ3n) is 3.29. The van der Waals surface area contributed by atoms with Crippen LogP contribution in [-0.2, 0) is 14.8 Å². The maximum Gasteiger partial charge on any atom is 0.246 e. The lowest BCUT2D eigenvalue weighted by molar-refractivity contribution is 0.0290. The van der Waals surface area contributed by atoms with Crippen LogP contribution in [0.2, 0.25) is 0 Å². The van der Waals surface area contributed by atoms with Crippen molar-refractivity contribution in [1.29, 1.82) is 0 Å². The van der Waals surface area contributed by atoms with Crippen LogP contribution in [0.5, 0.6) is 5.75 Å². The molecule has 1 heterocycles. The Morgan fingerprint density at radius 3 is 2.53 bits per heavy atom. The summed E-state index contributed by atoms with van der Waals surface area (Å²) in [6, 6.07) is 6.04. The zero-order valence-corrected chi connectivity index (χ0v) is 11.8. The Kier molecular flexibility index (Phi) is 4.44. The monoisotopic (exact) mass is 285 g/mol. The van der Waals surface area contributed by atoms with Crippen LogP contribution in [0.1, 0.15) is 19.8 Å². The Hall–Kier alpha value is -1.11. The number of para-hydroxylation sites is 1. The van der Waals surface area contributed by atoms with Crippen molar-refractivity contribution < 1.29 is 18.3 Å². The van der Waals surface area contributed by atoms with Crippen molar-refractivity contribution in [3.05, 3.63) is 24.3 Å². The molecule has 0 atom stereocenters. The van der Waals surface area contributed by atoms with Gasteiger partial charge in [0.15, 0.2) is 0 Å². The number of aromatic hydroxyl groups is 1. The fraction of sp³-hybridized carbons (Fsp3) is 0.538. The van der Waals surface area contributed by atoms with E-state index in [-0.39, 0.29) is 16.7 Å². The van der Waals surface area contributed by atoms with Crippen LogP contribution in [-0.4, -0.2) is 43.6 Å². The highest BCUT2D eigenvalue weighted by molar-refractivity contribution is 7.89. The lowest BCUT2D eigenvalue weighted by Crippen LogP contribution is -2.40. The van der Waals surface area contributed by atoms with Crippen LogP contribution < -0.4 is 0 Å². The van der Waals surface area contributed by atoms with Gasteiger partial charge < -0.3 is 9.84 Å². The van der Waals surface area contributed by atoms with Crippen LogP contribution >= 0.6 is 0 Å². The maximum absolute atomic E-state index is 12.4. The number of piperidine rings is 1. The highest BCUT2D eigenvalue weighted by Gasteiger charge is 2.31. The van der Waals surface area contributed by atoms with E-state index in [2.05, 4.69) is 0 Å². The lowest BCUT2D eigenvalue weighted by Gasteiger charge is -2.31. The average Bonchev–Trinajstić information content (AvgIpc) is 2.40. The predicted octanol–water partition coefficient (Wildman–Crippen LogP) is 1.58. The molecule has 1 aliphatic rings. The zero-order chi connectivity index (χ0) is 13.9. The maximum atomic E-state index is 12.4. The molecule has 19 heavy (non-hydrogen) atoms. The standard InChI is InChI=1S/C13H19NO4S/c1-2-18-11-7-9-14(10-8-11)19(16,17)13-6-4-3-5-12(13)15/h3-6,11,15H,2,7-10H2,1H3. The Morgan fingerprint density at radius 1 is 1.32 bits per heavy atom. The number of nitrogens with zero attached hydrogens (tertiary/aromatic N) is 1. The molecule has 1 aromatic rings. The van der Waals surface area contributed by atoms with Gasteiger partial charge in [0.05, 0.1) is 6.10 Å². The second kappa shape index (κ2) is 5.90. The van der Waals surface area contributed by atoms with Gasteiger partial charge in [-0.1, -0.05) is 12.1 Å². The van der Waals surface area contributed by atoms with Gasteiger partial charge in [-0.25, -0.2) is 8.42 Å². The van der Waals surface area contributed by atoms with E-state index in [0.717, 1.165) is 0 Å². The summed E-state index contributed by atoms with van der Waals surface area (Å²) in [4.78, 5) is -0.0233. The minimum atomic E-state index is -3.60. The van der Waals surface area contributed by atoms with Gasteiger partial charge in [0.25, 0.3) is 0 Å². The van der Waals surface area contributed by atoms with Crippen LogP contribution in [0.25, 0.3) is 0 Å². The smallest absolute Gasteiger partial charge is 0.246 e. The molecule has 1 fully saturated rings. The molecule has 0 amide bonds. The molecule has 0 aliphatic carbocycles.